The highest BCUT2D eigenvalue weighted by atomic mass is 35.5. The molecule has 0 aliphatic heterocycles. The van der Waals surface area contributed by atoms with Gasteiger partial charge in [0.05, 0.1) is 18.1 Å². The molecule has 21 heavy (non-hydrogen) atoms. The maximum absolute atomic E-state index is 12.1. The molecule has 7 nitrogen and oxygen atoms in total. The average molecular weight is 309 g/mol. The van der Waals surface area contributed by atoms with E-state index in [0.29, 0.717) is 11.6 Å². The van der Waals surface area contributed by atoms with Crippen LogP contribution in [0.1, 0.15) is 19.3 Å². The van der Waals surface area contributed by atoms with Gasteiger partial charge in [-0.05, 0) is 25.3 Å². The molecule has 1 aliphatic rings. The molecule has 0 radical (unpaired) electrons. The number of nitrogens with one attached hydrogen (secondary N) is 1. The highest BCUT2D eigenvalue weighted by Crippen LogP contribution is 2.25. The highest BCUT2D eigenvalue weighted by Gasteiger charge is 2.27. The fourth-order valence-corrected chi connectivity index (χ4v) is 2.41. The first-order valence-electron chi connectivity index (χ1n) is 6.61. The Labute approximate surface area is 128 Å². The second kappa shape index (κ2) is 6.64. The zero-order chi connectivity index (χ0) is 13.9. The van der Waals surface area contributed by atoms with Gasteiger partial charge in [0.25, 0.3) is 0 Å². The molecule has 0 aromatic carbocycles. The number of carbonyl (C=O) groups is 1. The minimum atomic E-state index is 0. The lowest BCUT2D eigenvalue weighted by Crippen LogP contribution is -2.23. The van der Waals surface area contributed by atoms with E-state index < -0.39 is 0 Å². The van der Waals surface area contributed by atoms with Gasteiger partial charge in [-0.1, -0.05) is 0 Å². The third-order valence-electron chi connectivity index (χ3n) is 3.45. The van der Waals surface area contributed by atoms with Crippen molar-refractivity contribution < 1.29 is 4.79 Å². The van der Waals surface area contributed by atoms with Crippen molar-refractivity contribution in [1.82, 2.24) is 19.7 Å². The van der Waals surface area contributed by atoms with Crippen LogP contribution in [-0.2, 0) is 4.79 Å². The summed E-state index contributed by atoms with van der Waals surface area (Å²) >= 11 is 0. The van der Waals surface area contributed by atoms with Gasteiger partial charge in [-0.25, -0.2) is 14.6 Å². The highest BCUT2D eigenvalue weighted by molar-refractivity contribution is 5.92. The van der Waals surface area contributed by atoms with Crippen molar-refractivity contribution >= 4 is 24.0 Å². The van der Waals surface area contributed by atoms with Crippen LogP contribution < -0.4 is 11.1 Å². The standard InChI is InChI=1S/C13H16N6O.ClH/c14-10-3-2-9(6-10)12(20)18-11-7-17-19(8-11)13-15-4-1-5-16-13;/h1,4-5,7-10H,2-3,6,14H2,(H,18,20);1H. The molecule has 8 heteroatoms. The van der Waals surface area contributed by atoms with E-state index >= 15 is 0 Å². The molecule has 2 heterocycles. The van der Waals surface area contributed by atoms with E-state index in [9.17, 15) is 4.79 Å². The topological polar surface area (TPSA) is 98.7 Å². The third-order valence-corrected chi connectivity index (χ3v) is 3.45. The molecule has 0 saturated heterocycles. The number of rotatable bonds is 3. The molecule has 1 aliphatic carbocycles. The van der Waals surface area contributed by atoms with Crippen LogP contribution in [0.25, 0.3) is 5.95 Å². The summed E-state index contributed by atoms with van der Waals surface area (Å²) < 4.78 is 1.52. The van der Waals surface area contributed by atoms with E-state index in [1.165, 1.54) is 4.68 Å². The summed E-state index contributed by atoms with van der Waals surface area (Å²) in [6, 6.07) is 1.88. The normalized spacial score (nSPS) is 20.8. The summed E-state index contributed by atoms with van der Waals surface area (Å²) in [6.45, 7) is 0. The Bertz CT molecular complexity index is 602. The third kappa shape index (κ3) is 3.56. The van der Waals surface area contributed by atoms with Crippen LogP contribution in [0, 0.1) is 5.92 Å². The van der Waals surface area contributed by atoms with Crippen LogP contribution in [-0.4, -0.2) is 31.7 Å². The fraction of sp³-hybridized carbons (Fsp3) is 0.385. The molecule has 0 spiro atoms. The molecule has 2 aromatic rings. The lowest BCUT2D eigenvalue weighted by Gasteiger charge is -2.08. The average Bonchev–Trinajstić information content (AvgIpc) is 3.09. The van der Waals surface area contributed by atoms with Crippen molar-refractivity contribution in [3.8, 4) is 5.95 Å². The minimum absolute atomic E-state index is 0. The number of halogens is 1. The van der Waals surface area contributed by atoms with Crippen molar-refractivity contribution in [2.45, 2.75) is 25.3 Å². The Kier molecular flexibility index (Phi) is 4.87. The Morgan fingerprint density at radius 2 is 2.10 bits per heavy atom. The van der Waals surface area contributed by atoms with Gasteiger partial charge in [0.2, 0.25) is 11.9 Å². The lowest BCUT2D eigenvalue weighted by atomic mass is 10.1. The zero-order valence-corrected chi connectivity index (χ0v) is 12.2. The predicted octanol–water partition coefficient (Wildman–Crippen LogP) is 1.15. The van der Waals surface area contributed by atoms with Crippen LogP contribution in [0.4, 0.5) is 5.69 Å². The Morgan fingerprint density at radius 1 is 1.33 bits per heavy atom. The Balaban J connectivity index is 0.00000161. The SMILES string of the molecule is Cl.NC1CCC(C(=O)Nc2cnn(-c3ncccn3)c2)C1. The van der Waals surface area contributed by atoms with Gasteiger partial charge in [-0.2, -0.15) is 5.10 Å². The molecule has 0 bridgehead atoms. The smallest absolute Gasteiger partial charge is 0.250 e. The van der Waals surface area contributed by atoms with Crippen LogP contribution in [0.15, 0.2) is 30.9 Å². The van der Waals surface area contributed by atoms with Gasteiger partial charge in [0.1, 0.15) is 0 Å². The summed E-state index contributed by atoms with van der Waals surface area (Å²) in [6.07, 6.45) is 9.08. The van der Waals surface area contributed by atoms with Crippen LogP contribution in [0.3, 0.4) is 0 Å². The van der Waals surface area contributed by atoms with E-state index in [-0.39, 0.29) is 30.3 Å². The molecule has 2 aromatic heterocycles. The number of hydrogen-bond donors (Lipinski definition) is 2. The van der Waals surface area contributed by atoms with Gasteiger partial charge < -0.3 is 11.1 Å². The van der Waals surface area contributed by atoms with Crippen molar-refractivity contribution in [3.63, 3.8) is 0 Å². The van der Waals surface area contributed by atoms with E-state index in [2.05, 4.69) is 20.4 Å². The van der Waals surface area contributed by atoms with Gasteiger partial charge in [-0.15, -0.1) is 12.4 Å². The Hall–Kier alpha value is -1.99. The van der Waals surface area contributed by atoms with Crippen LogP contribution in [0.5, 0.6) is 0 Å². The van der Waals surface area contributed by atoms with Gasteiger partial charge in [0, 0.05) is 24.4 Å². The van der Waals surface area contributed by atoms with Crippen molar-refractivity contribution in [2.24, 2.45) is 11.7 Å². The number of nitrogens with zero attached hydrogens (tertiary/aromatic N) is 4. The largest absolute Gasteiger partial charge is 0.328 e. The zero-order valence-electron chi connectivity index (χ0n) is 11.3. The summed E-state index contributed by atoms with van der Waals surface area (Å²) in [5.41, 5.74) is 6.47. The lowest BCUT2D eigenvalue weighted by molar-refractivity contribution is -0.119. The van der Waals surface area contributed by atoms with E-state index in [4.69, 9.17) is 5.73 Å². The number of amides is 1. The van der Waals surface area contributed by atoms with E-state index in [0.717, 1.165) is 19.3 Å². The van der Waals surface area contributed by atoms with Crippen molar-refractivity contribution in [2.75, 3.05) is 5.32 Å². The minimum Gasteiger partial charge on any atom is -0.328 e. The van der Waals surface area contributed by atoms with E-state index in [1.54, 1.807) is 30.9 Å². The fourth-order valence-electron chi connectivity index (χ4n) is 2.41. The monoisotopic (exact) mass is 308 g/mol. The summed E-state index contributed by atoms with van der Waals surface area (Å²) in [7, 11) is 0. The number of hydrogen-bond acceptors (Lipinski definition) is 5. The predicted molar refractivity (Wildman–Crippen MR) is 80.3 cm³/mol. The van der Waals surface area contributed by atoms with Gasteiger partial charge >= 0.3 is 0 Å². The van der Waals surface area contributed by atoms with Gasteiger partial charge in [0.15, 0.2) is 0 Å². The number of anilines is 1. The molecular weight excluding hydrogens is 292 g/mol. The van der Waals surface area contributed by atoms with Crippen molar-refractivity contribution in [1.29, 1.82) is 0 Å². The first-order valence-corrected chi connectivity index (χ1v) is 6.61. The first kappa shape index (κ1) is 15.4. The second-order valence-corrected chi connectivity index (χ2v) is 4.98. The molecule has 1 amide bonds. The van der Waals surface area contributed by atoms with Crippen LogP contribution in [0.2, 0.25) is 0 Å². The molecular formula is C13H17ClN6O. The Morgan fingerprint density at radius 3 is 2.76 bits per heavy atom. The first-order chi connectivity index (χ1) is 9.72. The maximum atomic E-state index is 12.1. The van der Waals surface area contributed by atoms with E-state index in [1.807, 2.05) is 0 Å². The molecule has 2 atom stereocenters. The molecule has 3 N–H and O–H groups in total. The quantitative estimate of drug-likeness (QED) is 0.886. The molecule has 1 saturated carbocycles. The summed E-state index contributed by atoms with van der Waals surface area (Å²) in [4.78, 5) is 20.2. The van der Waals surface area contributed by atoms with Gasteiger partial charge in [-0.3, -0.25) is 4.79 Å². The molecule has 3 rings (SSSR count). The molecule has 1 fully saturated rings. The summed E-state index contributed by atoms with van der Waals surface area (Å²) in [5.74, 6) is 0.476. The van der Waals surface area contributed by atoms with Crippen molar-refractivity contribution in [3.05, 3.63) is 30.9 Å². The maximum Gasteiger partial charge on any atom is 0.250 e. The van der Waals surface area contributed by atoms with Crippen LogP contribution >= 0.6 is 12.4 Å². The summed E-state index contributed by atoms with van der Waals surface area (Å²) in [5, 5.41) is 6.99. The second-order valence-electron chi connectivity index (χ2n) is 4.98. The number of aromatic nitrogens is 4. The number of nitrogens with two attached hydrogens (primary N) is 1. The number of carbonyl (C=O) groups excluding carboxylic acids is 1. The molecule has 112 valence electrons. The molecule has 2 unspecified atom stereocenters.